The van der Waals surface area contributed by atoms with E-state index in [1.54, 1.807) is 23.0 Å². The Bertz CT molecular complexity index is 999. The van der Waals surface area contributed by atoms with Gasteiger partial charge in [0.25, 0.3) is 0 Å². The highest BCUT2D eigenvalue weighted by Crippen LogP contribution is 2.23. The zero-order valence-electron chi connectivity index (χ0n) is 16.9. The van der Waals surface area contributed by atoms with Gasteiger partial charge in [0.1, 0.15) is 12.1 Å². The number of hydrogen-bond acceptors (Lipinski definition) is 5. The summed E-state index contributed by atoms with van der Waals surface area (Å²) in [4.78, 5) is 17.3. The fourth-order valence-electron chi connectivity index (χ4n) is 3.68. The van der Waals surface area contributed by atoms with E-state index < -0.39 is 0 Å². The third-order valence-electron chi connectivity index (χ3n) is 5.69. The number of hydrogen-bond donors (Lipinski definition) is 1. The lowest BCUT2D eigenvalue weighted by atomic mass is 10.2. The van der Waals surface area contributed by atoms with Gasteiger partial charge in [0.15, 0.2) is 0 Å². The average molecular weight is 393 g/mol. The largest absolute Gasteiger partial charge is 0.508 e. The maximum atomic E-state index is 12.6. The number of nitrogens with zero attached hydrogens (tertiary/aromatic N) is 5. The number of anilines is 2. The molecular formula is C22H27N5O2. The highest BCUT2D eigenvalue weighted by molar-refractivity contribution is 5.54. The van der Waals surface area contributed by atoms with Crippen molar-refractivity contribution < 1.29 is 5.11 Å². The van der Waals surface area contributed by atoms with E-state index in [2.05, 4.69) is 27.0 Å². The minimum Gasteiger partial charge on any atom is -0.508 e. The van der Waals surface area contributed by atoms with Gasteiger partial charge in [-0.3, -0.25) is 0 Å². The van der Waals surface area contributed by atoms with Crippen LogP contribution < -0.4 is 15.5 Å². The molecule has 0 bridgehead atoms. The second-order valence-corrected chi connectivity index (χ2v) is 7.49. The molecule has 7 nitrogen and oxygen atoms in total. The highest BCUT2D eigenvalue weighted by Gasteiger charge is 2.18. The molecular weight excluding hydrogens is 366 g/mol. The molecule has 0 saturated carbocycles. The van der Waals surface area contributed by atoms with Crippen molar-refractivity contribution in [2.45, 2.75) is 26.3 Å². The topological polar surface area (TPSA) is 66.5 Å². The van der Waals surface area contributed by atoms with E-state index >= 15 is 0 Å². The van der Waals surface area contributed by atoms with E-state index in [-0.39, 0.29) is 11.7 Å². The summed E-state index contributed by atoms with van der Waals surface area (Å²) in [6, 6.07) is 15.5. The van der Waals surface area contributed by atoms with Gasteiger partial charge in [-0.05, 0) is 61.9 Å². The van der Waals surface area contributed by atoms with Crippen molar-refractivity contribution in [2.24, 2.45) is 0 Å². The van der Waals surface area contributed by atoms with E-state index in [4.69, 9.17) is 0 Å². The quantitative estimate of drug-likeness (QED) is 0.722. The van der Waals surface area contributed by atoms with Gasteiger partial charge >= 0.3 is 5.69 Å². The molecule has 4 rings (SSSR count). The molecule has 1 fully saturated rings. The summed E-state index contributed by atoms with van der Waals surface area (Å²) in [6.45, 7) is 7.74. The van der Waals surface area contributed by atoms with Crippen LogP contribution in [-0.2, 0) is 0 Å². The Balaban J connectivity index is 1.43. The van der Waals surface area contributed by atoms with E-state index in [0.717, 1.165) is 49.7 Å². The lowest BCUT2D eigenvalue weighted by Crippen LogP contribution is -2.46. The first-order valence-corrected chi connectivity index (χ1v) is 10.1. The van der Waals surface area contributed by atoms with Gasteiger partial charge in [0.2, 0.25) is 0 Å². The van der Waals surface area contributed by atoms with Crippen molar-refractivity contribution in [3.63, 3.8) is 0 Å². The van der Waals surface area contributed by atoms with E-state index in [1.165, 1.54) is 4.68 Å². The number of phenols is 1. The van der Waals surface area contributed by atoms with Crippen LogP contribution in [0.1, 0.15) is 26.3 Å². The zero-order chi connectivity index (χ0) is 20.4. The molecule has 3 aromatic rings. The molecule has 29 heavy (non-hydrogen) atoms. The average Bonchev–Trinajstić information content (AvgIpc) is 3.15. The Hall–Kier alpha value is -3.22. The van der Waals surface area contributed by atoms with Crippen LogP contribution in [0.25, 0.3) is 5.69 Å². The lowest BCUT2D eigenvalue weighted by Gasteiger charge is -2.37. The number of piperazine rings is 1. The van der Waals surface area contributed by atoms with Crippen molar-refractivity contribution in [2.75, 3.05) is 36.0 Å². The second-order valence-electron chi connectivity index (χ2n) is 7.49. The van der Waals surface area contributed by atoms with Gasteiger partial charge in [0.05, 0.1) is 11.7 Å². The summed E-state index contributed by atoms with van der Waals surface area (Å²) in [7, 11) is 0. The van der Waals surface area contributed by atoms with Gasteiger partial charge in [-0.25, -0.2) is 14.0 Å². The van der Waals surface area contributed by atoms with E-state index in [9.17, 15) is 9.90 Å². The van der Waals surface area contributed by atoms with Crippen molar-refractivity contribution in [1.82, 2.24) is 14.3 Å². The molecule has 2 heterocycles. The molecule has 1 aliphatic rings. The molecule has 7 heteroatoms. The molecule has 2 aromatic carbocycles. The van der Waals surface area contributed by atoms with Crippen molar-refractivity contribution in [3.05, 3.63) is 65.3 Å². The summed E-state index contributed by atoms with van der Waals surface area (Å²) in [5.74, 6) is 0.293. The van der Waals surface area contributed by atoms with Crippen LogP contribution in [-0.4, -0.2) is 45.6 Å². The summed E-state index contributed by atoms with van der Waals surface area (Å²) in [5.41, 5.74) is 3.02. The van der Waals surface area contributed by atoms with Gasteiger partial charge in [0, 0.05) is 37.6 Å². The minimum atomic E-state index is -0.102. The summed E-state index contributed by atoms with van der Waals surface area (Å²) in [5, 5.41) is 13.7. The Morgan fingerprint density at radius 3 is 1.90 bits per heavy atom. The van der Waals surface area contributed by atoms with Gasteiger partial charge < -0.3 is 14.9 Å². The molecule has 0 spiro atoms. The number of benzene rings is 2. The first-order chi connectivity index (χ1) is 14.1. The van der Waals surface area contributed by atoms with Crippen LogP contribution in [0.2, 0.25) is 0 Å². The van der Waals surface area contributed by atoms with Gasteiger partial charge in [-0.2, -0.15) is 5.10 Å². The molecule has 1 aliphatic heterocycles. The first kappa shape index (κ1) is 19.1. The smallest absolute Gasteiger partial charge is 0.350 e. The first-order valence-electron chi connectivity index (χ1n) is 10.1. The Morgan fingerprint density at radius 2 is 1.38 bits per heavy atom. The number of phenolic OH excluding ortho intramolecular Hbond substituents is 1. The predicted molar refractivity (Wildman–Crippen MR) is 115 cm³/mol. The normalized spacial score (nSPS) is 15.5. The lowest BCUT2D eigenvalue weighted by molar-refractivity contribution is 0.460. The summed E-state index contributed by atoms with van der Waals surface area (Å²) in [6.07, 6.45) is 2.46. The van der Waals surface area contributed by atoms with Crippen LogP contribution in [0.5, 0.6) is 5.75 Å². The van der Waals surface area contributed by atoms with Crippen LogP contribution in [0, 0.1) is 0 Å². The van der Waals surface area contributed by atoms with E-state index in [0.29, 0.717) is 5.75 Å². The third kappa shape index (κ3) is 3.85. The minimum absolute atomic E-state index is 0.0906. The molecule has 152 valence electrons. The van der Waals surface area contributed by atoms with Gasteiger partial charge in [-0.1, -0.05) is 6.92 Å². The predicted octanol–water partition coefficient (Wildman–Crippen LogP) is 3.04. The summed E-state index contributed by atoms with van der Waals surface area (Å²) >= 11 is 0. The third-order valence-corrected chi connectivity index (χ3v) is 5.69. The highest BCUT2D eigenvalue weighted by atomic mass is 16.3. The molecule has 1 aromatic heterocycles. The van der Waals surface area contributed by atoms with Gasteiger partial charge in [-0.15, -0.1) is 0 Å². The fraction of sp³-hybridized carbons (Fsp3) is 0.364. The molecule has 1 N–H and O–H groups in total. The fourth-order valence-corrected chi connectivity index (χ4v) is 3.68. The monoisotopic (exact) mass is 393 g/mol. The maximum absolute atomic E-state index is 12.6. The molecule has 0 aliphatic carbocycles. The van der Waals surface area contributed by atoms with Crippen LogP contribution in [0.15, 0.2) is 59.7 Å². The number of aromatic nitrogens is 3. The van der Waals surface area contributed by atoms with Crippen LogP contribution >= 0.6 is 0 Å². The molecule has 1 unspecified atom stereocenters. The number of rotatable bonds is 5. The number of aromatic hydroxyl groups is 1. The summed E-state index contributed by atoms with van der Waals surface area (Å²) < 4.78 is 3.13. The van der Waals surface area contributed by atoms with Crippen molar-refractivity contribution in [3.8, 4) is 11.4 Å². The molecule has 1 atom stereocenters. The Labute approximate surface area is 170 Å². The molecule has 0 amide bonds. The second kappa shape index (κ2) is 8.03. The van der Waals surface area contributed by atoms with Crippen LogP contribution in [0.4, 0.5) is 11.4 Å². The Kier molecular flexibility index (Phi) is 5.29. The standard InChI is InChI=1S/C22H27N5O2/c1-3-17(2)27-22(29)26(16-23-27)20-6-4-18(5-7-20)24-12-14-25(15-13-24)19-8-10-21(28)11-9-19/h4-11,16-17,28H,3,12-15H2,1-2H3. The molecule has 0 radical (unpaired) electrons. The zero-order valence-corrected chi connectivity index (χ0v) is 16.9. The van der Waals surface area contributed by atoms with Crippen molar-refractivity contribution in [1.29, 1.82) is 0 Å². The SMILES string of the molecule is CCC(C)n1ncn(-c2ccc(N3CCN(c4ccc(O)cc4)CC3)cc2)c1=O. The van der Waals surface area contributed by atoms with E-state index in [1.807, 2.05) is 38.1 Å². The van der Waals surface area contributed by atoms with Crippen molar-refractivity contribution >= 4 is 11.4 Å². The molecule has 1 saturated heterocycles. The Morgan fingerprint density at radius 1 is 0.897 bits per heavy atom. The van der Waals surface area contributed by atoms with Crippen LogP contribution in [0.3, 0.4) is 0 Å². The maximum Gasteiger partial charge on any atom is 0.350 e.